The lowest BCUT2D eigenvalue weighted by Gasteiger charge is -2.48. The molecule has 0 spiro atoms. The van der Waals surface area contributed by atoms with E-state index in [4.69, 9.17) is 62.2 Å². The van der Waals surface area contributed by atoms with Gasteiger partial charge in [-0.25, -0.2) is 0 Å². The first-order valence-corrected chi connectivity index (χ1v) is 17.4. The van der Waals surface area contributed by atoms with Crippen molar-refractivity contribution in [1.29, 1.82) is 0 Å². The maximum atomic E-state index is 12.8. The lowest BCUT2D eigenvalue weighted by atomic mass is 9.83. The highest BCUT2D eigenvalue weighted by molar-refractivity contribution is 5.81. The minimum atomic E-state index is -1.98. The molecule has 3 heterocycles. The fourth-order valence-corrected chi connectivity index (χ4v) is 6.72. The molecule has 24 nitrogen and oxygen atoms in total. The van der Waals surface area contributed by atoms with Crippen molar-refractivity contribution in [2.45, 2.75) is 135 Å². The van der Waals surface area contributed by atoms with Gasteiger partial charge in [-0.1, -0.05) is 0 Å². The molecule has 3 aliphatic heterocycles. The summed E-state index contributed by atoms with van der Waals surface area (Å²) >= 11 is 0. The Morgan fingerprint density at radius 2 is 1.26 bits per heavy atom. The molecular formula is C29H57N7O17. The molecule has 4 rings (SSSR count). The fourth-order valence-electron chi connectivity index (χ4n) is 6.72. The third-order valence-electron chi connectivity index (χ3n) is 9.93. The van der Waals surface area contributed by atoms with Crippen LogP contribution in [0.2, 0.25) is 0 Å². The summed E-state index contributed by atoms with van der Waals surface area (Å²) in [6.07, 6.45) is -26.1. The van der Waals surface area contributed by atoms with Gasteiger partial charge >= 0.3 is 0 Å². The molecular weight excluding hydrogens is 718 g/mol. The molecule has 3 saturated heterocycles. The van der Waals surface area contributed by atoms with Gasteiger partial charge in [0.2, 0.25) is 0 Å². The molecule has 0 radical (unpaired) electrons. The molecule has 310 valence electrons. The number of aliphatic hydroxyl groups excluding tert-OH is 10. The van der Waals surface area contributed by atoms with Crippen LogP contribution in [0.1, 0.15) is 6.42 Å². The quantitative estimate of drug-likeness (QED) is 0.0647. The number of hydrogen-bond acceptors (Lipinski definition) is 23. The number of nitrogens with one attached hydrogen (secondary N) is 2. The average Bonchev–Trinajstić information content (AvgIpc) is 3.44. The first kappa shape index (κ1) is 44.3. The van der Waals surface area contributed by atoms with E-state index < -0.39 is 148 Å². The molecule has 1 unspecified atom stereocenters. The molecule has 0 aromatic rings. The maximum Gasteiger partial charge on any atom is 0.251 e. The molecule has 22 N–H and O–H groups in total. The highest BCUT2D eigenvalue weighted by Crippen LogP contribution is 2.34. The second kappa shape index (κ2) is 19.6. The number of ether oxygens (including phenoxy) is 6. The van der Waals surface area contributed by atoms with Crippen LogP contribution in [-0.4, -0.2) is 225 Å². The van der Waals surface area contributed by atoms with Gasteiger partial charge in [0.1, 0.15) is 79.4 Å². The highest BCUT2D eigenvalue weighted by atomic mass is 16.8. The largest absolute Gasteiger partial charge is 0.395 e. The first-order chi connectivity index (χ1) is 25.1. The smallest absolute Gasteiger partial charge is 0.251 e. The van der Waals surface area contributed by atoms with Crippen LogP contribution in [0, 0.1) is 0 Å². The molecule has 0 bridgehead atoms. The lowest BCUT2D eigenvalue weighted by Crippen LogP contribution is -2.69. The second-order valence-electron chi connectivity index (χ2n) is 13.6. The van der Waals surface area contributed by atoms with Crippen molar-refractivity contribution >= 4 is 5.91 Å². The Morgan fingerprint density at radius 1 is 0.717 bits per heavy atom. The number of amides is 1. The predicted molar refractivity (Wildman–Crippen MR) is 174 cm³/mol. The van der Waals surface area contributed by atoms with Crippen molar-refractivity contribution in [2.75, 3.05) is 39.4 Å². The summed E-state index contributed by atoms with van der Waals surface area (Å²) in [7, 11) is 0. The number of carbonyl (C=O) groups is 1. The molecule has 1 saturated carbocycles. The van der Waals surface area contributed by atoms with Crippen LogP contribution < -0.4 is 39.3 Å². The van der Waals surface area contributed by atoms with Crippen molar-refractivity contribution in [3.63, 3.8) is 0 Å². The zero-order valence-electron chi connectivity index (χ0n) is 28.8. The van der Waals surface area contributed by atoms with Crippen LogP contribution >= 0.6 is 0 Å². The summed E-state index contributed by atoms with van der Waals surface area (Å²) in [6.45, 7) is -1.57. The molecule has 0 aromatic carbocycles. The van der Waals surface area contributed by atoms with E-state index >= 15 is 0 Å². The van der Waals surface area contributed by atoms with Gasteiger partial charge in [0, 0.05) is 32.2 Å². The van der Waals surface area contributed by atoms with Gasteiger partial charge in [0.25, 0.3) is 5.91 Å². The van der Waals surface area contributed by atoms with E-state index in [0.717, 1.165) is 0 Å². The number of nitrogens with two attached hydrogens (primary N) is 5. The number of rotatable bonds is 16. The Kier molecular flexibility index (Phi) is 16.4. The van der Waals surface area contributed by atoms with E-state index in [9.17, 15) is 50.8 Å². The topological polar surface area (TPSA) is 429 Å². The van der Waals surface area contributed by atoms with Crippen LogP contribution in [0.25, 0.3) is 0 Å². The Bertz CT molecular complexity index is 1140. The van der Waals surface area contributed by atoms with Crippen LogP contribution in [0.15, 0.2) is 0 Å². The van der Waals surface area contributed by atoms with Gasteiger partial charge < -0.3 is 119 Å². The maximum absolute atomic E-state index is 12.8. The monoisotopic (exact) mass is 775 g/mol. The Hall–Kier alpha value is -1.41. The second-order valence-corrected chi connectivity index (χ2v) is 13.6. The molecule has 4 fully saturated rings. The standard InChI is InChI=1S/C29H57N7O17/c30-4-10(39)17(41)26(47)36-9-3-8(32)23(51-28-15(34)21(45)19(43)12(49-28)6-35-1-2-37)25(16(9)40)53-29-22(46)24(13(7-38)50-29)52-27-14(33)20(44)18(42)11(5-31)48-27/h8-25,27-29,35,37-46H,1-7,30-34H2,(H,36,47)/t8-,9+,10+,11-,12+,13+,14+,15+,16-,17?,18+,19+,20+,21+,22+,23+,24+,25+,27+,28+,29-/m0/s1. The van der Waals surface area contributed by atoms with Gasteiger partial charge in [-0.05, 0) is 6.42 Å². The van der Waals surface area contributed by atoms with Crippen molar-refractivity contribution in [3.8, 4) is 0 Å². The molecule has 1 aliphatic carbocycles. The molecule has 21 atom stereocenters. The third kappa shape index (κ3) is 9.95. The summed E-state index contributed by atoms with van der Waals surface area (Å²) in [5.74, 6) is -1.11. The fraction of sp³-hybridized carbons (Fsp3) is 0.966. The molecule has 24 heteroatoms. The first-order valence-electron chi connectivity index (χ1n) is 17.4. The number of aliphatic hydroxyl groups is 10. The SMILES string of the molecule is NC[C@@H](O)C(O)C(=O)N[C@@H]1C[C@H](N)[C@@H](O[C@H]2O[C@H](CNCCO)[C@@H](O)[C@H](O)[C@H]2N)[C@H](O[C@@H]2O[C@H](CO)[C@@H](O[C@H]3O[C@@H](CN)[C@@H](O)[C@H](O)[C@H]3N)[C@H]2O)[C@H]1O. The minimum Gasteiger partial charge on any atom is -0.395 e. The van der Waals surface area contributed by atoms with Gasteiger partial charge in [-0.3, -0.25) is 4.79 Å². The van der Waals surface area contributed by atoms with Crippen molar-refractivity contribution in [3.05, 3.63) is 0 Å². The Morgan fingerprint density at radius 3 is 1.83 bits per heavy atom. The van der Waals surface area contributed by atoms with E-state index in [-0.39, 0.29) is 32.7 Å². The van der Waals surface area contributed by atoms with Crippen LogP contribution in [0.5, 0.6) is 0 Å². The summed E-state index contributed by atoms with van der Waals surface area (Å²) in [5.41, 5.74) is 29.7. The van der Waals surface area contributed by atoms with E-state index in [0.29, 0.717) is 0 Å². The number of carbonyl (C=O) groups excluding carboxylic acids is 1. The normalized spacial score (nSPS) is 46.2. The predicted octanol–water partition coefficient (Wildman–Crippen LogP) is -11.4. The van der Waals surface area contributed by atoms with Crippen LogP contribution in [-0.2, 0) is 33.2 Å². The molecule has 4 aliphatic rings. The van der Waals surface area contributed by atoms with Gasteiger partial charge in [-0.15, -0.1) is 0 Å². The summed E-state index contributed by atoms with van der Waals surface area (Å²) in [6, 6.07) is -5.13. The third-order valence-corrected chi connectivity index (χ3v) is 9.93. The van der Waals surface area contributed by atoms with Crippen LogP contribution in [0.4, 0.5) is 0 Å². The van der Waals surface area contributed by atoms with Gasteiger partial charge in [-0.2, -0.15) is 0 Å². The Balaban J connectivity index is 1.58. The zero-order valence-corrected chi connectivity index (χ0v) is 28.8. The van der Waals surface area contributed by atoms with Crippen LogP contribution in [0.3, 0.4) is 0 Å². The Labute approximate surface area is 304 Å². The number of hydrogen-bond donors (Lipinski definition) is 17. The summed E-state index contributed by atoms with van der Waals surface area (Å²) < 4.78 is 35.2. The average molecular weight is 776 g/mol. The van der Waals surface area contributed by atoms with Gasteiger partial charge in [0.15, 0.2) is 25.0 Å². The minimum absolute atomic E-state index is 0.0435. The molecule has 53 heavy (non-hydrogen) atoms. The van der Waals surface area contributed by atoms with Crippen molar-refractivity contribution in [2.24, 2.45) is 28.7 Å². The van der Waals surface area contributed by atoms with Crippen molar-refractivity contribution in [1.82, 2.24) is 10.6 Å². The van der Waals surface area contributed by atoms with Crippen molar-refractivity contribution < 1.29 is 84.3 Å². The van der Waals surface area contributed by atoms with E-state index in [1.165, 1.54) is 0 Å². The van der Waals surface area contributed by atoms with Gasteiger partial charge in [0.05, 0.1) is 31.3 Å². The van der Waals surface area contributed by atoms with E-state index in [1.807, 2.05) is 0 Å². The van der Waals surface area contributed by atoms with E-state index in [2.05, 4.69) is 10.6 Å². The molecule has 0 aromatic heterocycles. The summed E-state index contributed by atoms with van der Waals surface area (Å²) in [4.78, 5) is 12.8. The zero-order chi connectivity index (χ0) is 39.3. The van der Waals surface area contributed by atoms with E-state index in [1.54, 1.807) is 0 Å². The lowest BCUT2D eigenvalue weighted by molar-refractivity contribution is -0.308. The molecule has 1 amide bonds. The highest BCUT2D eigenvalue weighted by Gasteiger charge is 2.55. The summed E-state index contributed by atoms with van der Waals surface area (Å²) in [5, 5.41) is 109.